The van der Waals surface area contributed by atoms with Crippen molar-refractivity contribution in [3.63, 3.8) is 0 Å². The highest BCUT2D eigenvalue weighted by Gasteiger charge is 2.25. The summed E-state index contributed by atoms with van der Waals surface area (Å²) in [6.07, 6.45) is 0. The number of rotatable bonds is 4. The van der Waals surface area contributed by atoms with Crippen LogP contribution in [0.3, 0.4) is 0 Å². The molecule has 0 saturated carbocycles. The van der Waals surface area contributed by atoms with Crippen molar-refractivity contribution in [2.24, 2.45) is 0 Å². The summed E-state index contributed by atoms with van der Waals surface area (Å²) in [7, 11) is -0.867. The Bertz CT molecular complexity index is 685. The molecule has 0 amide bonds. The second-order valence-electron chi connectivity index (χ2n) is 5.42. The molecule has 0 heterocycles. The van der Waals surface area contributed by atoms with Gasteiger partial charge in [-0.15, -0.1) is 0 Å². The van der Waals surface area contributed by atoms with E-state index in [1.165, 1.54) is 15.9 Å². The van der Waals surface area contributed by atoms with Crippen molar-refractivity contribution in [1.82, 2.24) is 0 Å². The van der Waals surface area contributed by atoms with Gasteiger partial charge in [0.2, 0.25) is 0 Å². The highest BCUT2D eigenvalue weighted by molar-refractivity contribution is 9.10. The van der Waals surface area contributed by atoms with Crippen molar-refractivity contribution in [3.8, 4) is 0 Å². The number of hydrogen-bond donors (Lipinski definition) is 0. The first-order chi connectivity index (χ1) is 10.8. The molecule has 0 aromatic heterocycles. The summed E-state index contributed by atoms with van der Waals surface area (Å²) in [6.45, 7) is 2.36. The monoisotopic (exact) mass is 365 g/mol. The van der Waals surface area contributed by atoms with Crippen molar-refractivity contribution in [3.05, 3.63) is 95.0 Å². The van der Waals surface area contributed by atoms with Gasteiger partial charge in [0.25, 0.3) is 0 Å². The molecule has 1 radical (unpaired) electrons. The van der Waals surface area contributed by atoms with Gasteiger partial charge in [0.15, 0.2) is 0 Å². The molecule has 1 atom stereocenters. The van der Waals surface area contributed by atoms with Gasteiger partial charge in [0, 0.05) is 4.47 Å². The Hall–Kier alpha value is -1.64. The molecule has 109 valence electrons. The van der Waals surface area contributed by atoms with E-state index in [0.29, 0.717) is 5.54 Å². The molecule has 22 heavy (non-hydrogen) atoms. The Labute approximate surface area is 142 Å². The molecule has 3 aromatic carbocycles. The third-order valence-electron chi connectivity index (χ3n) is 3.95. The van der Waals surface area contributed by atoms with Gasteiger partial charge in [-0.3, -0.25) is 0 Å². The first-order valence-electron chi connectivity index (χ1n) is 7.49. The quantitative estimate of drug-likeness (QED) is 0.601. The zero-order chi connectivity index (χ0) is 15.4. The van der Waals surface area contributed by atoms with E-state index in [-0.39, 0.29) is 0 Å². The average Bonchev–Trinajstić information content (AvgIpc) is 2.57. The van der Waals surface area contributed by atoms with Crippen LogP contribution >= 0.6 is 15.9 Å². The first kappa shape index (κ1) is 15.3. The fraction of sp³-hybridized carbons (Fsp3) is 0.100. The minimum atomic E-state index is -0.867. The van der Waals surface area contributed by atoms with Gasteiger partial charge >= 0.3 is 0 Å². The lowest BCUT2D eigenvalue weighted by molar-refractivity contribution is 1.06. The lowest BCUT2D eigenvalue weighted by atomic mass is 10.2. The van der Waals surface area contributed by atoms with Gasteiger partial charge in [0.1, 0.15) is 8.80 Å². The Morgan fingerprint density at radius 2 is 1.27 bits per heavy atom. The second-order valence-corrected chi connectivity index (χ2v) is 9.19. The van der Waals surface area contributed by atoms with Crippen LogP contribution < -0.4 is 10.4 Å². The Kier molecular flexibility index (Phi) is 4.91. The molecule has 0 aliphatic rings. The van der Waals surface area contributed by atoms with Crippen molar-refractivity contribution in [1.29, 1.82) is 0 Å². The topological polar surface area (TPSA) is 0 Å². The second kappa shape index (κ2) is 7.08. The maximum Gasteiger partial charge on any atom is 0.128 e. The van der Waals surface area contributed by atoms with Crippen molar-refractivity contribution < 1.29 is 0 Å². The Morgan fingerprint density at radius 3 is 1.77 bits per heavy atom. The van der Waals surface area contributed by atoms with Crippen molar-refractivity contribution >= 4 is 35.1 Å². The predicted molar refractivity (Wildman–Crippen MR) is 100 cm³/mol. The molecule has 1 unspecified atom stereocenters. The van der Waals surface area contributed by atoms with Crippen LogP contribution in [-0.4, -0.2) is 8.80 Å². The van der Waals surface area contributed by atoms with Gasteiger partial charge < -0.3 is 0 Å². The lowest BCUT2D eigenvalue weighted by Gasteiger charge is -2.24. The molecule has 0 spiro atoms. The van der Waals surface area contributed by atoms with Crippen molar-refractivity contribution in [2.75, 3.05) is 0 Å². The summed E-state index contributed by atoms with van der Waals surface area (Å²) >= 11 is 3.60. The smallest absolute Gasteiger partial charge is 0.0628 e. The third kappa shape index (κ3) is 3.40. The molecule has 0 fully saturated rings. The van der Waals surface area contributed by atoms with Gasteiger partial charge in [-0.25, -0.2) is 0 Å². The third-order valence-corrected chi connectivity index (χ3v) is 7.55. The highest BCUT2D eigenvalue weighted by Crippen LogP contribution is 2.22. The minimum absolute atomic E-state index is 0.507. The number of benzene rings is 3. The van der Waals surface area contributed by atoms with E-state index in [9.17, 15) is 0 Å². The van der Waals surface area contributed by atoms with E-state index >= 15 is 0 Å². The van der Waals surface area contributed by atoms with Crippen LogP contribution in [0.15, 0.2) is 89.4 Å². The molecule has 0 bridgehead atoms. The lowest BCUT2D eigenvalue weighted by Crippen LogP contribution is -2.46. The maximum atomic E-state index is 3.60. The fourth-order valence-electron chi connectivity index (χ4n) is 2.84. The molecule has 3 aromatic rings. The van der Waals surface area contributed by atoms with E-state index in [1.807, 2.05) is 0 Å². The highest BCUT2D eigenvalue weighted by atomic mass is 79.9. The summed E-state index contributed by atoms with van der Waals surface area (Å²) in [4.78, 5) is 0. The molecule has 3 rings (SSSR count). The largest absolute Gasteiger partial charge is 0.128 e. The zero-order valence-electron chi connectivity index (χ0n) is 12.5. The Balaban J connectivity index is 2.06. The molecule has 0 aliphatic carbocycles. The molecular weight excluding hydrogens is 348 g/mol. The van der Waals surface area contributed by atoms with E-state index in [1.54, 1.807) is 0 Å². The maximum absolute atomic E-state index is 3.60. The summed E-state index contributed by atoms with van der Waals surface area (Å²) in [6, 6.07) is 30.6. The fourth-order valence-corrected chi connectivity index (χ4v) is 6.21. The zero-order valence-corrected chi connectivity index (χ0v) is 15.1. The number of hydrogen-bond acceptors (Lipinski definition) is 0. The molecule has 0 N–H and O–H groups in total. The molecule has 2 heteroatoms. The standard InChI is InChI=1S/C20H18BrSi/c1-16(17-9-8-10-18(21)15-17)22(19-11-4-2-5-12-19)20-13-6-3-7-14-20/h2-16H,1H3. The van der Waals surface area contributed by atoms with Crippen LogP contribution in [0.25, 0.3) is 0 Å². The average molecular weight is 366 g/mol. The van der Waals surface area contributed by atoms with Crippen LogP contribution in [0.5, 0.6) is 0 Å². The Morgan fingerprint density at radius 1 is 0.727 bits per heavy atom. The first-order valence-corrected chi connectivity index (χ1v) is 9.86. The van der Waals surface area contributed by atoms with Gasteiger partial charge in [-0.1, -0.05) is 106 Å². The van der Waals surface area contributed by atoms with Gasteiger partial charge in [0.05, 0.1) is 0 Å². The van der Waals surface area contributed by atoms with Gasteiger partial charge in [-0.05, 0) is 23.2 Å². The molecule has 0 nitrogen and oxygen atoms in total. The van der Waals surface area contributed by atoms with Crippen LogP contribution in [0.1, 0.15) is 18.0 Å². The number of halogens is 1. The SMILES string of the molecule is CC(c1cccc(Br)c1)[Si](c1ccccc1)c1ccccc1. The van der Waals surface area contributed by atoms with E-state index in [0.717, 1.165) is 4.47 Å². The predicted octanol–water partition coefficient (Wildman–Crippen LogP) is 4.40. The molecule has 0 aliphatic heterocycles. The van der Waals surface area contributed by atoms with Crippen molar-refractivity contribution in [2.45, 2.75) is 12.5 Å². The van der Waals surface area contributed by atoms with E-state index < -0.39 is 8.80 Å². The minimum Gasteiger partial charge on any atom is -0.0628 e. The summed E-state index contributed by atoms with van der Waals surface area (Å²) < 4.78 is 1.15. The van der Waals surface area contributed by atoms with E-state index in [4.69, 9.17) is 0 Å². The van der Waals surface area contributed by atoms with Crippen LogP contribution in [0.4, 0.5) is 0 Å². The van der Waals surface area contributed by atoms with Crippen LogP contribution in [0.2, 0.25) is 0 Å². The van der Waals surface area contributed by atoms with Crippen LogP contribution in [-0.2, 0) is 0 Å². The summed E-state index contributed by atoms with van der Waals surface area (Å²) in [5, 5.41) is 2.93. The normalized spacial score (nSPS) is 12.3. The molecule has 0 saturated heterocycles. The molecular formula is C20H18BrSi. The summed E-state index contributed by atoms with van der Waals surface area (Å²) in [5.41, 5.74) is 1.91. The summed E-state index contributed by atoms with van der Waals surface area (Å²) in [5.74, 6) is 0. The van der Waals surface area contributed by atoms with Crippen LogP contribution in [0, 0.1) is 0 Å². The van der Waals surface area contributed by atoms with Gasteiger partial charge in [-0.2, -0.15) is 0 Å². The van der Waals surface area contributed by atoms with E-state index in [2.05, 4.69) is 108 Å².